The molecular weight excluding hydrogens is 430 g/mol. The van der Waals surface area contributed by atoms with Crippen LogP contribution in [0.4, 0.5) is 11.6 Å². The molecule has 0 radical (unpaired) electrons. The third-order valence-electron chi connectivity index (χ3n) is 6.19. The molecule has 0 saturated carbocycles. The molecule has 0 aliphatic carbocycles. The Bertz CT molecular complexity index is 1120. The molecule has 5 heterocycles. The van der Waals surface area contributed by atoms with Gasteiger partial charge in [-0.2, -0.15) is 0 Å². The zero-order valence-corrected chi connectivity index (χ0v) is 19.4. The van der Waals surface area contributed by atoms with Crippen LogP contribution < -0.4 is 14.8 Å². The number of aliphatic hydroxyl groups is 2. The van der Waals surface area contributed by atoms with Crippen molar-refractivity contribution in [3.8, 4) is 0 Å². The molecule has 5 rings (SSSR count). The van der Waals surface area contributed by atoms with E-state index in [9.17, 15) is 10.2 Å². The quantitative estimate of drug-likeness (QED) is 0.564. The second-order valence-corrected chi connectivity index (χ2v) is 9.86. The number of aromatic nitrogens is 3. The monoisotopic (exact) mass is 460 g/mol. The smallest absolute Gasteiger partial charge is 0.242 e. The van der Waals surface area contributed by atoms with Crippen LogP contribution in [0.1, 0.15) is 25.0 Å². The van der Waals surface area contributed by atoms with Gasteiger partial charge in [-0.05, 0) is 19.4 Å². The van der Waals surface area contributed by atoms with Crippen LogP contribution in [0.5, 0.6) is 0 Å². The summed E-state index contributed by atoms with van der Waals surface area (Å²) < 4.78 is 12.8. The van der Waals surface area contributed by atoms with E-state index in [1.807, 2.05) is 4.90 Å². The molecule has 0 spiro atoms. The van der Waals surface area contributed by atoms with Gasteiger partial charge in [0, 0.05) is 25.1 Å². The molecule has 2 aliphatic rings. The number of anilines is 2. The standard InChI is InChI=1S/C22H29N5O4S/c1-22(2)11-14-15(12-31-22)19(27-5-9-30-10-6-27)25-21-16(14)17-18(32-21)20(24-13-23-17)26(3-7-28)4-8-29/h13,28-29H,3-12H2,1-2H3/p+1. The number of hydrogen-bond donors (Lipinski definition) is 2. The molecule has 0 unspecified atom stereocenters. The number of fused-ring (bicyclic) bond motifs is 5. The van der Waals surface area contributed by atoms with Gasteiger partial charge < -0.3 is 24.6 Å². The Morgan fingerprint density at radius 2 is 1.94 bits per heavy atom. The van der Waals surface area contributed by atoms with Crippen LogP contribution in [0.25, 0.3) is 20.4 Å². The van der Waals surface area contributed by atoms with Crippen molar-refractivity contribution >= 4 is 43.4 Å². The molecular formula is C22H30N5O4S+. The van der Waals surface area contributed by atoms with Crippen molar-refractivity contribution < 1.29 is 24.7 Å². The third-order valence-corrected chi connectivity index (χ3v) is 7.27. The number of rotatable bonds is 6. The lowest BCUT2D eigenvalue weighted by Gasteiger charge is -2.36. The van der Waals surface area contributed by atoms with Crippen molar-refractivity contribution in [1.29, 1.82) is 0 Å². The summed E-state index contributed by atoms with van der Waals surface area (Å²) in [5, 5.41) is 20.2. The molecule has 0 atom stereocenters. The predicted molar refractivity (Wildman–Crippen MR) is 123 cm³/mol. The summed E-state index contributed by atoms with van der Waals surface area (Å²) in [5.74, 6) is 1.85. The molecule has 3 aromatic heterocycles. The van der Waals surface area contributed by atoms with Crippen LogP contribution >= 0.6 is 11.3 Å². The fourth-order valence-electron chi connectivity index (χ4n) is 4.66. The van der Waals surface area contributed by atoms with E-state index in [-0.39, 0.29) is 18.8 Å². The van der Waals surface area contributed by atoms with E-state index < -0.39 is 0 Å². The minimum atomic E-state index is -0.263. The minimum absolute atomic E-state index is 0.00288. The number of hydrogen-bond acceptors (Lipinski definition) is 9. The number of aliphatic hydroxyl groups excluding tert-OH is 2. The van der Waals surface area contributed by atoms with E-state index in [0.29, 0.717) is 32.9 Å². The summed E-state index contributed by atoms with van der Waals surface area (Å²) in [6, 6.07) is 0. The van der Waals surface area contributed by atoms with E-state index in [2.05, 4.69) is 23.7 Å². The van der Waals surface area contributed by atoms with Gasteiger partial charge in [0.2, 0.25) is 12.1 Å². The van der Waals surface area contributed by atoms with Crippen molar-refractivity contribution in [2.75, 3.05) is 62.4 Å². The van der Waals surface area contributed by atoms with Gasteiger partial charge in [-0.25, -0.2) is 9.97 Å². The highest BCUT2D eigenvalue weighted by molar-refractivity contribution is 7.26. The second kappa shape index (κ2) is 8.68. The maximum atomic E-state index is 9.54. The van der Waals surface area contributed by atoms with Gasteiger partial charge in [-0.1, -0.05) is 0 Å². The van der Waals surface area contributed by atoms with Gasteiger partial charge in [0.15, 0.2) is 5.52 Å². The van der Waals surface area contributed by atoms with Crippen LogP contribution in [0.2, 0.25) is 0 Å². The number of aromatic amines is 1. The van der Waals surface area contributed by atoms with E-state index in [4.69, 9.17) is 19.4 Å². The fraction of sp³-hybridized carbons (Fsp3) is 0.591. The zero-order chi connectivity index (χ0) is 22.3. The minimum Gasteiger partial charge on any atom is -0.393 e. The summed E-state index contributed by atoms with van der Waals surface area (Å²) in [4.78, 5) is 18.3. The van der Waals surface area contributed by atoms with Crippen molar-refractivity contribution in [2.24, 2.45) is 0 Å². The van der Waals surface area contributed by atoms with Gasteiger partial charge in [0.1, 0.15) is 15.3 Å². The van der Waals surface area contributed by atoms with E-state index in [1.54, 1.807) is 17.7 Å². The van der Waals surface area contributed by atoms with Crippen molar-refractivity contribution in [2.45, 2.75) is 32.5 Å². The van der Waals surface area contributed by atoms with Crippen LogP contribution in [-0.2, 0) is 22.5 Å². The lowest BCUT2D eigenvalue weighted by Crippen LogP contribution is -2.39. The van der Waals surface area contributed by atoms with E-state index in [0.717, 1.165) is 57.1 Å². The normalized spacial score (nSPS) is 18.3. The van der Waals surface area contributed by atoms with Gasteiger partial charge in [0.05, 0.1) is 57.1 Å². The number of ether oxygens (including phenoxy) is 2. The number of H-pyrrole nitrogens is 1. The van der Waals surface area contributed by atoms with Crippen LogP contribution in [0.15, 0.2) is 6.33 Å². The number of nitrogens with zero attached hydrogens (tertiary/aromatic N) is 4. The first-order valence-electron chi connectivity index (χ1n) is 11.1. The molecule has 3 N–H and O–H groups in total. The number of nitrogens with one attached hydrogen (secondary N) is 1. The van der Waals surface area contributed by atoms with Crippen molar-refractivity contribution in [1.82, 2.24) is 9.97 Å². The first kappa shape index (κ1) is 21.7. The second-order valence-electron chi connectivity index (χ2n) is 8.86. The Kier molecular flexibility index (Phi) is 5.89. The summed E-state index contributed by atoms with van der Waals surface area (Å²) in [7, 11) is 0. The van der Waals surface area contributed by atoms with Gasteiger partial charge >= 0.3 is 0 Å². The molecule has 0 amide bonds. The summed E-state index contributed by atoms with van der Waals surface area (Å²) in [6.07, 6.45) is 2.48. The maximum Gasteiger partial charge on any atom is 0.242 e. The van der Waals surface area contributed by atoms with Crippen molar-refractivity contribution in [3.05, 3.63) is 17.5 Å². The number of thiophene rings is 1. The maximum absolute atomic E-state index is 9.54. The average Bonchev–Trinajstić information content (AvgIpc) is 3.17. The SMILES string of the molecule is CC1(C)Cc2c(c(N3CCOCC3)nc3sc4c(N(CCO)CCO)[nH+]cnc4c23)CO1. The lowest BCUT2D eigenvalue weighted by atomic mass is 9.90. The Balaban J connectivity index is 1.75. The van der Waals surface area contributed by atoms with Gasteiger partial charge in [0.25, 0.3) is 0 Å². The molecule has 9 nitrogen and oxygen atoms in total. The molecule has 2 aliphatic heterocycles. The highest BCUT2D eigenvalue weighted by Gasteiger charge is 2.34. The first-order valence-corrected chi connectivity index (χ1v) is 11.9. The molecule has 0 bridgehead atoms. The van der Waals surface area contributed by atoms with Crippen LogP contribution in [-0.4, -0.2) is 78.4 Å². The molecule has 172 valence electrons. The van der Waals surface area contributed by atoms with Gasteiger partial charge in [-0.15, -0.1) is 16.3 Å². The third kappa shape index (κ3) is 3.80. The fourth-order valence-corrected chi connectivity index (χ4v) is 5.84. The molecule has 3 aromatic rings. The topological polar surface area (TPSA) is 105 Å². The highest BCUT2D eigenvalue weighted by atomic mass is 32.1. The molecule has 0 aromatic carbocycles. The predicted octanol–water partition coefficient (Wildman–Crippen LogP) is 1.14. The molecule has 32 heavy (non-hydrogen) atoms. The number of pyridine rings is 1. The summed E-state index contributed by atoms with van der Waals surface area (Å²) >= 11 is 1.61. The Morgan fingerprint density at radius 1 is 1.19 bits per heavy atom. The molecule has 1 fully saturated rings. The highest BCUT2D eigenvalue weighted by Crippen LogP contribution is 2.44. The Labute approximate surface area is 190 Å². The first-order chi connectivity index (χ1) is 15.5. The van der Waals surface area contributed by atoms with Crippen LogP contribution in [0, 0.1) is 0 Å². The largest absolute Gasteiger partial charge is 0.393 e. The average molecular weight is 461 g/mol. The van der Waals surface area contributed by atoms with Crippen molar-refractivity contribution in [3.63, 3.8) is 0 Å². The Morgan fingerprint density at radius 3 is 2.66 bits per heavy atom. The summed E-state index contributed by atoms with van der Waals surface area (Å²) in [5.41, 5.74) is 3.06. The van der Waals surface area contributed by atoms with E-state index >= 15 is 0 Å². The van der Waals surface area contributed by atoms with Gasteiger partial charge in [-0.3, -0.25) is 4.90 Å². The summed E-state index contributed by atoms with van der Waals surface area (Å²) in [6.45, 7) is 8.68. The van der Waals surface area contributed by atoms with E-state index in [1.165, 1.54) is 5.56 Å². The van der Waals surface area contributed by atoms with Crippen LogP contribution in [0.3, 0.4) is 0 Å². The zero-order valence-electron chi connectivity index (χ0n) is 18.6. The number of morpholine rings is 1. The lowest BCUT2D eigenvalue weighted by molar-refractivity contribution is -0.366. The Hall–Kier alpha value is -2.11. The molecule has 1 saturated heterocycles. The molecule has 10 heteroatoms.